The number of tetrazole rings is 1. The van der Waals surface area contributed by atoms with Gasteiger partial charge in [-0.15, -0.1) is 10.2 Å². The van der Waals surface area contributed by atoms with Gasteiger partial charge in [0.05, 0.1) is 12.0 Å². The number of halogens is 1. The van der Waals surface area contributed by atoms with E-state index in [-0.39, 0.29) is 11.7 Å². The van der Waals surface area contributed by atoms with Crippen LogP contribution in [-0.4, -0.2) is 32.0 Å². The molecule has 0 saturated heterocycles. The Hall–Kier alpha value is -4.40. The summed E-state index contributed by atoms with van der Waals surface area (Å²) < 4.78 is 13.8. The summed E-state index contributed by atoms with van der Waals surface area (Å²) in [5.41, 5.74) is 7.02. The molecule has 0 radical (unpaired) electrons. The highest BCUT2D eigenvalue weighted by Gasteiger charge is 2.43. The summed E-state index contributed by atoms with van der Waals surface area (Å²) in [7, 11) is 0. The minimum absolute atomic E-state index is 0.331. The van der Waals surface area contributed by atoms with Gasteiger partial charge in [-0.3, -0.25) is 20.4 Å². The van der Waals surface area contributed by atoms with Gasteiger partial charge in [-0.05, 0) is 53.4 Å². The van der Waals surface area contributed by atoms with Crippen LogP contribution >= 0.6 is 0 Å². The molecular weight excluding hydrogens is 459 g/mol. The fraction of sp³-hybridized carbons (Fsp3) is 0.222. The fourth-order valence-electron chi connectivity index (χ4n) is 4.65. The summed E-state index contributed by atoms with van der Waals surface area (Å²) >= 11 is 0. The molecule has 0 atom stereocenters. The lowest BCUT2D eigenvalue weighted by molar-refractivity contribution is -0.127. The SMILES string of the molecule is O=C(NNC(=O)C1(c2cccc(F)c2)CCCC1)c1ccc(Cn2nnc(-c3ccccc3)n2)cc1. The summed E-state index contributed by atoms with van der Waals surface area (Å²) in [6.07, 6.45) is 2.95. The lowest BCUT2D eigenvalue weighted by Gasteiger charge is -2.28. The smallest absolute Gasteiger partial charge is 0.269 e. The van der Waals surface area contributed by atoms with Crippen LogP contribution in [0.1, 0.15) is 47.2 Å². The first kappa shape index (κ1) is 23.3. The van der Waals surface area contributed by atoms with Crippen molar-refractivity contribution in [3.63, 3.8) is 0 Å². The van der Waals surface area contributed by atoms with Gasteiger partial charge < -0.3 is 0 Å². The van der Waals surface area contributed by atoms with E-state index in [9.17, 15) is 14.0 Å². The topological polar surface area (TPSA) is 102 Å². The van der Waals surface area contributed by atoms with Gasteiger partial charge in [0.15, 0.2) is 0 Å². The second-order valence-corrected chi connectivity index (χ2v) is 8.91. The van der Waals surface area contributed by atoms with E-state index in [1.165, 1.54) is 16.9 Å². The summed E-state index contributed by atoms with van der Waals surface area (Å²) in [5.74, 6) is -0.608. The number of hydrazine groups is 1. The Labute approximate surface area is 207 Å². The molecule has 1 aliphatic carbocycles. The molecule has 9 heteroatoms. The van der Waals surface area contributed by atoms with Gasteiger partial charge in [0.25, 0.3) is 5.91 Å². The first-order valence-corrected chi connectivity index (χ1v) is 11.8. The predicted octanol–water partition coefficient (Wildman–Crippen LogP) is 3.80. The van der Waals surface area contributed by atoms with Crippen molar-refractivity contribution in [3.05, 3.63) is 101 Å². The molecule has 1 aliphatic rings. The zero-order chi connectivity index (χ0) is 25.0. The van der Waals surface area contributed by atoms with Crippen molar-refractivity contribution in [1.82, 2.24) is 31.1 Å². The number of hydrogen-bond acceptors (Lipinski definition) is 5. The van der Waals surface area contributed by atoms with Crippen molar-refractivity contribution in [2.75, 3.05) is 0 Å². The van der Waals surface area contributed by atoms with Gasteiger partial charge in [0.2, 0.25) is 11.7 Å². The monoisotopic (exact) mass is 484 g/mol. The summed E-state index contributed by atoms with van der Waals surface area (Å²) in [6.45, 7) is 0.397. The van der Waals surface area contributed by atoms with Crippen LogP contribution in [0, 0.1) is 5.82 Å². The maximum absolute atomic E-state index is 13.8. The number of amides is 2. The molecule has 0 bridgehead atoms. The lowest BCUT2D eigenvalue weighted by atomic mass is 9.78. The van der Waals surface area contributed by atoms with Gasteiger partial charge in [0.1, 0.15) is 5.82 Å². The van der Waals surface area contributed by atoms with Gasteiger partial charge in [-0.25, -0.2) is 4.39 Å². The maximum atomic E-state index is 13.8. The summed E-state index contributed by atoms with van der Waals surface area (Å²) in [6, 6.07) is 22.7. The molecule has 1 heterocycles. The number of nitrogens with zero attached hydrogens (tertiary/aromatic N) is 4. The molecule has 5 rings (SSSR count). The van der Waals surface area contributed by atoms with E-state index >= 15 is 0 Å². The minimum atomic E-state index is -0.845. The normalized spacial score (nSPS) is 14.4. The summed E-state index contributed by atoms with van der Waals surface area (Å²) in [4.78, 5) is 27.3. The average Bonchev–Trinajstić information content (AvgIpc) is 3.59. The molecule has 0 unspecified atom stereocenters. The van der Waals surface area contributed by atoms with Gasteiger partial charge in [-0.1, -0.05) is 67.4 Å². The van der Waals surface area contributed by atoms with E-state index in [0.717, 1.165) is 24.0 Å². The second-order valence-electron chi connectivity index (χ2n) is 8.91. The van der Waals surface area contributed by atoms with Gasteiger partial charge in [0, 0.05) is 11.1 Å². The van der Waals surface area contributed by atoms with Crippen LogP contribution in [-0.2, 0) is 16.8 Å². The van der Waals surface area contributed by atoms with Gasteiger partial charge >= 0.3 is 0 Å². The zero-order valence-corrected chi connectivity index (χ0v) is 19.5. The number of carbonyl (C=O) groups excluding carboxylic acids is 2. The molecule has 1 saturated carbocycles. The predicted molar refractivity (Wildman–Crippen MR) is 131 cm³/mol. The van der Waals surface area contributed by atoms with Crippen molar-refractivity contribution in [2.24, 2.45) is 0 Å². The Morgan fingerprint density at radius 1 is 0.917 bits per heavy atom. The Kier molecular flexibility index (Phi) is 6.53. The van der Waals surface area contributed by atoms with Crippen LogP contribution in [0.15, 0.2) is 78.9 Å². The highest BCUT2D eigenvalue weighted by atomic mass is 19.1. The first-order chi connectivity index (χ1) is 17.5. The molecule has 2 amide bonds. The van der Waals surface area contributed by atoms with E-state index in [1.54, 1.807) is 36.4 Å². The largest absolute Gasteiger partial charge is 0.272 e. The van der Waals surface area contributed by atoms with Crippen molar-refractivity contribution in [2.45, 2.75) is 37.6 Å². The second kappa shape index (κ2) is 10.1. The van der Waals surface area contributed by atoms with E-state index in [0.29, 0.717) is 36.3 Å². The third-order valence-electron chi connectivity index (χ3n) is 6.58. The molecular formula is C27H25FN6O2. The maximum Gasteiger partial charge on any atom is 0.269 e. The van der Waals surface area contributed by atoms with Crippen molar-refractivity contribution < 1.29 is 14.0 Å². The Morgan fingerprint density at radius 3 is 2.39 bits per heavy atom. The van der Waals surface area contributed by atoms with E-state index in [1.807, 2.05) is 30.3 Å². The number of rotatable bonds is 6. The lowest BCUT2D eigenvalue weighted by Crippen LogP contribution is -2.50. The molecule has 0 spiro atoms. The highest BCUT2D eigenvalue weighted by molar-refractivity contribution is 5.97. The first-order valence-electron chi connectivity index (χ1n) is 11.8. The van der Waals surface area contributed by atoms with Crippen LogP contribution in [0.4, 0.5) is 4.39 Å². The molecule has 0 aliphatic heterocycles. The minimum Gasteiger partial charge on any atom is -0.272 e. The van der Waals surface area contributed by atoms with Crippen LogP contribution in [0.3, 0.4) is 0 Å². The molecule has 1 fully saturated rings. The molecule has 1 aromatic heterocycles. The number of nitrogens with one attached hydrogen (secondary N) is 2. The number of hydrogen-bond donors (Lipinski definition) is 2. The third kappa shape index (κ3) is 4.86. The zero-order valence-electron chi connectivity index (χ0n) is 19.5. The van der Waals surface area contributed by atoms with E-state index in [4.69, 9.17) is 0 Å². The quantitative estimate of drug-likeness (QED) is 0.406. The van der Waals surface area contributed by atoms with Crippen molar-refractivity contribution in [1.29, 1.82) is 0 Å². The van der Waals surface area contributed by atoms with Crippen molar-refractivity contribution in [3.8, 4) is 11.4 Å². The molecule has 8 nitrogen and oxygen atoms in total. The molecule has 4 aromatic rings. The number of aromatic nitrogens is 4. The summed E-state index contributed by atoms with van der Waals surface area (Å²) in [5, 5.41) is 12.6. The Balaban J connectivity index is 1.20. The van der Waals surface area contributed by atoms with Crippen LogP contribution < -0.4 is 10.9 Å². The molecule has 182 valence electrons. The molecule has 36 heavy (non-hydrogen) atoms. The number of benzene rings is 3. The van der Waals surface area contributed by atoms with E-state index < -0.39 is 11.3 Å². The molecule has 3 aromatic carbocycles. The Morgan fingerprint density at radius 2 is 1.67 bits per heavy atom. The number of carbonyl (C=O) groups is 2. The fourth-order valence-corrected chi connectivity index (χ4v) is 4.65. The standard InChI is InChI=1S/C27H25FN6O2/c28-23-10-6-9-22(17-23)27(15-4-5-16-27)26(36)31-30-25(35)21-13-11-19(12-14-21)18-34-32-24(29-33-34)20-7-2-1-3-8-20/h1-3,6-14,17H,4-5,15-16,18H2,(H,30,35)(H,31,36). The van der Waals surface area contributed by atoms with Crippen molar-refractivity contribution >= 4 is 11.8 Å². The van der Waals surface area contributed by atoms with Gasteiger partial charge in [-0.2, -0.15) is 4.80 Å². The average molecular weight is 485 g/mol. The Bertz CT molecular complexity index is 1360. The molecule has 2 N–H and O–H groups in total. The third-order valence-corrected chi connectivity index (χ3v) is 6.58. The van der Waals surface area contributed by atoms with E-state index in [2.05, 4.69) is 26.3 Å². The van der Waals surface area contributed by atoms with Crippen LogP contribution in [0.2, 0.25) is 0 Å². The highest BCUT2D eigenvalue weighted by Crippen LogP contribution is 2.41. The van der Waals surface area contributed by atoms with Crippen LogP contribution in [0.25, 0.3) is 11.4 Å². The van der Waals surface area contributed by atoms with Crippen LogP contribution in [0.5, 0.6) is 0 Å².